The number of anilines is 1. The Bertz CT molecular complexity index is 875. The molecule has 7 heteroatoms. The van der Waals surface area contributed by atoms with Crippen LogP contribution < -0.4 is 15.4 Å². The highest BCUT2D eigenvalue weighted by molar-refractivity contribution is 6.04. The molecule has 3 rings (SSSR count). The Morgan fingerprint density at radius 3 is 2.55 bits per heavy atom. The van der Waals surface area contributed by atoms with Crippen molar-refractivity contribution in [3.05, 3.63) is 59.2 Å². The van der Waals surface area contributed by atoms with Crippen molar-refractivity contribution in [1.29, 1.82) is 5.41 Å². The maximum absolute atomic E-state index is 12.7. The van der Waals surface area contributed by atoms with Gasteiger partial charge in [-0.05, 0) is 31.3 Å². The van der Waals surface area contributed by atoms with E-state index in [0.717, 1.165) is 48.7 Å². The molecule has 0 radical (unpaired) electrons. The maximum Gasteiger partial charge on any atom is 0.251 e. The normalized spacial score (nSPS) is 14.4. The second-order valence-electron chi connectivity index (χ2n) is 7.14. The molecule has 1 saturated heterocycles. The molecule has 2 aromatic rings. The first-order valence-corrected chi connectivity index (χ1v) is 9.77. The van der Waals surface area contributed by atoms with Gasteiger partial charge in [0.1, 0.15) is 11.6 Å². The number of amides is 1. The van der Waals surface area contributed by atoms with Gasteiger partial charge in [-0.15, -0.1) is 0 Å². The van der Waals surface area contributed by atoms with Crippen molar-refractivity contribution in [3.63, 3.8) is 0 Å². The van der Waals surface area contributed by atoms with Gasteiger partial charge in [-0.1, -0.05) is 18.2 Å². The summed E-state index contributed by atoms with van der Waals surface area (Å²) in [4.78, 5) is 17.0. The second kappa shape index (κ2) is 9.43. The van der Waals surface area contributed by atoms with E-state index in [1.165, 1.54) is 0 Å². The number of para-hydroxylation sites is 1. The summed E-state index contributed by atoms with van der Waals surface area (Å²) in [5.74, 6) is 1.08. The molecule has 154 valence electrons. The van der Waals surface area contributed by atoms with Crippen molar-refractivity contribution in [1.82, 2.24) is 15.1 Å². The van der Waals surface area contributed by atoms with Crippen LogP contribution in [0.1, 0.15) is 21.5 Å². The van der Waals surface area contributed by atoms with Crippen LogP contribution in [0.5, 0.6) is 5.75 Å². The van der Waals surface area contributed by atoms with Gasteiger partial charge in [-0.3, -0.25) is 10.2 Å². The fourth-order valence-electron chi connectivity index (χ4n) is 3.43. The fourth-order valence-corrected chi connectivity index (χ4v) is 3.43. The summed E-state index contributed by atoms with van der Waals surface area (Å²) in [5, 5.41) is 14.7. The highest BCUT2D eigenvalue weighted by Gasteiger charge is 2.20. The molecule has 0 spiro atoms. The smallest absolute Gasteiger partial charge is 0.251 e. The van der Waals surface area contributed by atoms with Crippen LogP contribution in [0, 0.1) is 5.41 Å². The van der Waals surface area contributed by atoms with Gasteiger partial charge in [0.2, 0.25) is 0 Å². The molecule has 0 aromatic heterocycles. The van der Waals surface area contributed by atoms with Crippen molar-refractivity contribution in [2.24, 2.45) is 0 Å². The number of nitrogens with zero attached hydrogens (tertiary/aromatic N) is 2. The molecule has 2 aromatic carbocycles. The summed E-state index contributed by atoms with van der Waals surface area (Å²) in [6.45, 7) is 3.94. The number of amidine groups is 1. The zero-order valence-corrected chi connectivity index (χ0v) is 17.3. The quantitative estimate of drug-likeness (QED) is 0.516. The van der Waals surface area contributed by atoms with Crippen molar-refractivity contribution >= 4 is 17.4 Å². The van der Waals surface area contributed by atoms with Crippen LogP contribution in [-0.2, 0) is 6.54 Å². The van der Waals surface area contributed by atoms with Gasteiger partial charge in [-0.2, -0.15) is 0 Å². The summed E-state index contributed by atoms with van der Waals surface area (Å²) < 4.78 is 5.33. The summed E-state index contributed by atoms with van der Waals surface area (Å²) >= 11 is 0. The van der Waals surface area contributed by atoms with Gasteiger partial charge in [0.05, 0.1) is 7.11 Å². The van der Waals surface area contributed by atoms with Crippen LogP contribution in [0.3, 0.4) is 0 Å². The lowest BCUT2D eigenvalue weighted by molar-refractivity contribution is 0.0950. The van der Waals surface area contributed by atoms with E-state index in [1.54, 1.807) is 19.2 Å². The molecule has 0 unspecified atom stereocenters. The molecule has 0 aliphatic carbocycles. The summed E-state index contributed by atoms with van der Waals surface area (Å²) in [6, 6.07) is 13.1. The SMILES string of the molecule is CNc1cc(C(=O)NCc2ccccc2OC)ccc1C(=N)N1CCN(C)CC1. The average Bonchev–Trinajstić information content (AvgIpc) is 2.77. The number of ether oxygens (including phenoxy) is 1. The molecule has 29 heavy (non-hydrogen) atoms. The Hall–Kier alpha value is -3.06. The summed E-state index contributed by atoms with van der Waals surface area (Å²) in [6.07, 6.45) is 0. The summed E-state index contributed by atoms with van der Waals surface area (Å²) in [5.41, 5.74) is 3.06. The molecule has 1 aliphatic rings. The Kier molecular flexibility index (Phi) is 6.72. The minimum atomic E-state index is -0.162. The monoisotopic (exact) mass is 395 g/mol. The Morgan fingerprint density at radius 1 is 1.14 bits per heavy atom. The third kappa shape index (κ3) is 4.86. The van der Waals surface area contributed by atoms with Crippen LogP contribution in [0.15, 0.2) is 42.5 Å². The topological polar surface area (TPSA) is 80.7 Å². The predicted molar refractivity (Wildman–Crippen MR) is 116 cm³/mol. The van der Waals surface area contributed by atoms with E-state index in [9.17, 15) is 4.79 Å². The van der Waals surface area contributed by atoms with Crippen molar-refractivity contribution < 1.29 is 9.53 Å². The highest BCUT2D eigenvalue weighted by atomic mass is 16.5. The van der Waals surface area contributed by atoms with Crippen molar-refractivity contribution in [3.8, 4) is 5.75 Å². The number of hydrogen-bond donors (Lipinski definition) is 3. The molecule has 1 amide bonds. The average molecular weight is 396 g/mol. The van der Waals surface area contributed by atoms with Crippen LogP contribution in [0.4, 0.5) is 5.69 Å². The number of likely N-dealkylation sites (N-methyl/N-ethyl adjacent to an activating group) is 1. The molecule has 0 bridgehead atoms. The molecular formula is C22H29N5O2. The molecule has 1 fully saturated rings. The lowest BCUT2D eigenvalue weighted by Gasteiger charge is -2.34. The standard InChI is InChI=1S/C22H29N5O2/c1-24-19-14-16(22(28)25-15-17-6-4-5-7-20(17)29-3)8-9-18(19)21(23)27-12-10-26(2)11-13-27/h4-9,14,23-24H,10-13,15H2,1-3H3,(H,25,28). The van der Waals surface area contributed by atoms with E-state index in [0.29, 0.717) is 17.9 Å². The van der Waals surface area contributed by atoms with Crippen LogP contribution in [-0.4, -0.2) is 68.9 Å². The number of nitrogens with one attached hydrogen (secondary N) is 3. The van der Waals surface area contributed by atoms with E-state index >= 15 is 0 Å². The first-order valence-electron chi connectivity index (χ1n) is 9.77. The lowest BCUT2D eigenvalue weighted by atomic mass is 10.1. The minimum Gasteiger partial charge on any atom is -0.496 e. The van der Waals surface area contributed by atoms with Crippen molar-refractivity contribution in [2.45, 2.75) is 6.54 Å². The van der Waals surface area contributed by atoms with Gasteiger partial charge >= 0.3 is 0 Å². The van der Waals surface area contributed by atoms with Crippen LogP contribution in [0.25, 0.3) is 0 Å². The number of methoxy groups -OCH3 is 1. The Labute approximate surface area is 172 Å². The first-order chi connectivity index (χ1) is 14.0. The number of carbonyl (C=O) groups excluding carboxylic acids is 1. The van der Waals surface area contributed by atoms with Crippen molar-refractivity contribution in [2.75, 3.05) is 52.7 Å². The number of rotatable bonds is 6. The number of piperazine rings is 1. The number of benzene rings is 2. The number of carbonyl (C=O) groups is 1. The minimum absolute atomic E-state index is 0.162. The van der Waals surface area contributed by atoms with E-state index in [4.69, 9.17) is 10.1 Å². The van der Waals surface area contributed by atoms with E-state index in [-0.39, 0.29) is 5.91 Å². The zero-order valence-electron chi connectivity index (χ0n) is 17.3. The van der Waals surface area contributed by atoms with Gasteiger partial charge in [-0.25, -0.2) is 0 Å². The van der Waals surface area contributed by atoms with Gasteiger partial charge in [0.15, 0.2) is 0 Å². The molecule has 1 heterocycles. The second-order valence-corrected chi connectivity index (χ2v) is 7.14. The maximum atomic E-state index is 12.7. The van der Waals surface area contributed by atoms with Gasteiger partial charge in [0.25, 0.3) is 5.91 Å². The molecule has 7 nitrogen and oxygen atoms in total. The zero-order chi connectivity index (χ0) is 20.8. The van der Waals surface area contributed by atoms with Crippen LogP contribution >= 0.6 is 0 Å². The molecule has 0 atom stereocenters. The lowest BCUT2D eigenvalue weighted by Crippen LogP contribution is -2.47. The Morgan fingerprint density at radius 2 is 1.86 bits per heavy atom. The third-order valence-corrected chi connectivity index (χ3v) is 5.26. The van der Waals surface area contributed by atoms with E-state index in [1.807, 2.05) is 37.4 Å². The number of hydrogen-bond acceptors (Lipinski definition) is 5. The summed E-state index contributed by atoms with van der Waals surface area (Å²) in [7, 11) is 5.53. The van der Waals surface area contributed by atoms with Crippen LogP contribution in [0.2, 0.25) is 0 Å². The molecule has 1 aliphatic heterocycles. The first kappa shape index (κ1) is 20.7. The predicted octanol–water partition coefficient (Wildman–Crippen LogP) is 2.24. The van der Waals surface area contributed by atoms with Gasteiger partial charge < -0.3 is 25.2 Å². The third-order valence-electron chi connectivity index (χ3n) is 5.26. The molecule has 0 saturated carbocycles. The molecular weight excluding hydrogens is 366 g/mol. The van der Waals surface area contributed by atoms with E-state index < -0.39 is 0 Å². The largest absolute Gasteiger partial charge is 0.496 e. The highest BCUT2D eigenvalue weighted by Crippen LogP contribution is 2.21. The van der Waals surface area contributed by atoms with Gasteiger partial charge in [0, 0.05) is 62.1 Å². The van der Waals surface area contributed by atoms with E-state index in [2.05, 4.69) is 27.5 Å². The molecule has 3 N–H and O–H groups in total. The fraction of sp³-hybridized carbons (Fsp3) is 0.364. The Balaban J connectivity index is 1.70.